The molecule has 2 rings (SSSR count). The molecule has 0 amide bonds. The van der Waals surface area contributed by atoms with Gasteiger partial charge in [-0.3, -0.25) is 0 Å². The second-order valence-corrected chi connectivity index (χ2v) is 4.00. The summed E-state index contributed by atoms with van der Waals surface area (Å²) < 4.78 is 5.62. The minimum absolute atomic E-state index is 0. The molecule has 0 aromatic heterocycles. The molecule has 0 spiro atoms. The zero-order chi connectivity index (χ0) is 13.5. The monoisotopic (exact) mass is 260 g/mol. The number of rotatable bonds is 5. The molecule has 2 aromatic carbocycles. The molecule has 0 saturated carbocycles. The van der Waals surface area contributed by atoms with Crippen LogP contribution in [0.15, 0.2) is 60.7 Å². The van der Waals surface area contributed by atoms with Crippen LogP contribution >= 0.6 is 0 Å². The Morgan fingerprint density at radius 3 is 2.30 bits per heavy atom. The summed E-state index contributed by atoms with van der Waals surface area (Å²) in [5.74, 6) is -0.459. The number of carbonyl (C=O) groups is 1. The molecule has 0 heterocycles. The van der Waals surface area contributed by atoms with Gasteiger partial charge in [0, 0.05) is 0 Å². The summed E-state index contributed by atoms with van der Waals surface area (Å²) in [5, 5.41) is 10.3. The van der Waals surface area contributed by atoms with Crippen molar-refractivity contribution in [2.45, 2.75) is 6.61 Å². The van der Waals surface area contributed by atoms with E-state index in [4.69, 9.17) is 4.74 Å². The van der Waals surface area contributed by atoms with Crippen molar-refractivity contribution in [1.82, 2.24) is 0 Å². The van der Waals surface area contributed by atoms with Crippen molar-refractivity contribution in [3.05, 3.63) is 71.8 Å². The van der Waals surface area contributed by atoms with Crippen LogP contribution in [0.2, 0.25) is 0 Å². The van der Waals surface area contributed by atoms with Gasteiger partial charge in [-0.15, -0.1) is 0 Å². The van der Waals surface area contributed by atoms with Crippen molar-refractivity contribution in [3.63, 3.8) is 0 Å². The van der Waals surface area contributed by atoms with Crippen LogP contribution < -0.4 is 28.7 Å². The summed E-state index contributed by atoms with van der Waals surface area (Å²) >= 11 is 0. The molecule has 0 bridgehead atoms. The molecule has 0 saturated heterocycles. The predicted octanol–water partition coefficient (Wildman–Crippen LogP) is -0.967. The average molecular weight is 260 g/mol. The predicted molar refractivity (Wildman–Crippen MR) is 71.3 cm³/mol. The van der Waals surface area contributed by atoms with Crippen LogP contribution in [0.25, 0.3) is 6.08 Å². The van der Waals surface area contributed by atoms with Gasteiger partial charge in [-0.05, 0) is 29.3 Å². The minimum Gasteiger partial charge on any atom is -0.545 e. The molecule has 0 aliphatic carbocycles. The average Bonchev–Trinajstić information content (AvgIpc) is 2.45. The summed E-state index contributed by atoms with van der Waals surface area (Å²) in [4.78, 5) is 10.3. The Morgan fingerprint density at radius 1 is 1.05 bits per heavy atom. The van der Waals surface area contributed by atoms with Gasteiger partial charge in [-0.25, -0.2) is 0 Å². The maximum atomic E-state index is 10.3. The first-order valence-electron chi connectivity index (χ1n) is 5.90. The Morgan fingerprint density at radius 2 is 1.70 bits per heavy atom. The van der Waals surface area contributed by atoms with Gasteiger partial charge in [0.1, 0.15) is 12.4 Å². The van der Waals surface area contributed by atoms with E-state index in [0.29, 0.717) is 6.61 Å². The molecule has 0 aliphatic heterocycles. The molecule has 2 aromatic rings. The standard InChI is InChI=1S/C16H14O3.Li/c17-16(18)11-8-13-6-9-15(10-7-13)19-12-14-4-2-1-3-5-14;/h1-11H,12H2,(H,17,18);/q;+1/p-1/b11-8+;. The molecule has 0 fully saturated rings. The molecule has 0 atom stereocenters. The largest absolute Gasteiger partial charge is 1.00 e. The normalized spacial score (nSPS) is 10.0. The van der Waals surface area contributed by atoms with Crippen LogP contribution in [-0.4, -0.2) is 5.97 Å². The molecule has 0 unspecified atom stereocenters. The number of carboxylic acids is 1. The van der Waals surface area contributed by atoms with Crippen molar-refractivity contribution < 1.29 is 33.5 Å². The fraction of sp³-hybridized carbons (Fsp3) is 0.0625. The van der Waals surface area contributed by atoms with Gasteiger partial charge in [0.2, 0.25) is 0 Å². The first kappa shape index (κ1) is 16.1. The zero-order valence-corrected chi connectivity index (χ0v) is 11.3. The Balaban J connectivity index is 0.00000200. The van der Waals surface area contributed by atoms with Gasteiger partial charge >= 0.3 is 18.9 Å². The van der Waals surface area contributed by atoms with E-state index in [1.165, 1.54) is 6.08 Å². The van der Waals surface area contributed by atoms with E-state index in [1.54, 1.807) is 24.3 Å². The SMILES string of the molecule is O=C([O-])/C=C/c1ccc(OCc2ccccc2)cc1.[Li+]. The fourth-order valence-corrected chi connectivity index (χ4v) is 1.58. The van der Waals surface area contributed by atoms with E-state index in [2.05, 4.69) is 0 Å². The Hall–Kier alpha value is -1.95. The molecule has 20 heavy (non-hydrogen) atoms. The summed E-state index contributed by atoms with van der Waals surface area (Å²) in [6, 6.07) is 17.1. The molecular formula is C16H13LiO3. The number of aliphatic carboxylic acids is 1. The van der Waals surface area contributed by atoms with Crippen LogP contribution in [0.1, 0.15) is 11.1 Å². The molecular weight excluding hydrogens is 247 g/mol. The van der Waals surface area contributed by atoms with Crippen molar-refractivity contribution in [1.29, 1.82) is 0 Å². The maximum absolute atomic E-state index is 10.3. The maximum Gasteiger partial charge on any atom is 1.00 e. The van der Waals surface area contributed by atoms with E-state index < -0.39 is 5.97 Å². The summed E-state index contributed by atoms with van der Waals surface area (Å²) in [6.07, 6.45) is 2.48. The number of benzene rings is 2. The van der Waals surface area contributed by atoms with Crippen LogP contribution in [0.3, 0.4) is 0 Å². The number of ether oxygens (including phenoxy) is 1. The summed E-state index contributed by atoms with van der Waals surface area (Å²) in [5.41, 5.74) is 1.89. The Kier molecular flexibility index (Phi) is 6.65. The smallest absolute Gasteiger partial charge is 0.545 e. The van der Waals surface area contributed by atoms with E-state index >= 15 is 0 Å². The third-order valence-electron chi connectivity index (χ3n) is 2.54. The number of carbonyl (C=O) groups excluding carboxylic acids is 1. The second kappa shape index (κ2) is 8.26. The van der Waals surface area contributed by atoms with E-state index in [9.17, 15) is 9.90 Å². The third-order valence-corrected chi connectivity index (χ3v) is 2.54. The molecule has 3 nitrogen and oxygen atoms in total. The first-order chi connectivity index (χ1) is 9.24. The van der Waals surface area contributed by atoms with Crippen LogP contribution in [0.5, 0.6) is 5.75 Å². The Labute approximate surface area is 130 Å². The van der Waals surface area contributed by atoms with Gasteiger partial charge in [-0.2, -0.15) is 0 Å². The number of carboxylic acid groups (broad SMARTS) is 1. The van der Waals surface area contributed by atoms with Gasteiger partial charge < -0.3 is 14.6 Å². The molecule has 96 valence electrons. The number of hydrogen-bond acceptors (Lipinski definition) is 3. The molecule has 4 heteroatoms. The van der Waals surface area contributed by atoms with Crippen LogP contribution in [0, 0.1) is 0 Å². The first-order valence-corrected chi connectivity index (χ1v) is 5.90. The van der Waals surface area contributed by atoms with Gasteiger partial charge in [0.05, 0.1) is 5.97 Å². The van der Waals surface area contributed by atoms with Gasteiger partial charge in [0.15, 0.2) is 0 Å². The van der Waals surface area contributed by atoms with E-state index in [-0.39, 0.29) is 18.9 Å². The van der Waals surface area contributed by atoms with Crippen LogP contribution in [-0.2, 0) is 11.4 Å². The fourth-order valence-electron chi connectivity index (χ4n) is 1.58. The summed E-state index contributed by atoms with van der Waals surface area (Å²) in [6.45, 7) is 0.509. The third kappa shape index (κ3) is 5.36. The van der Waals surface area contributed by atoms with E-state index in [0.717, 1.165) is 23.0 Å². The zero-order valence-electron chi connectivity index (χ0n) is 11.3. The second-order valence-electron chi connectivity index (χ2n) is 4.00. The van der Waals surface area contributed by atoms with Crippen molar-refractivity contribution in [3.8, 4) is 5.75 Å². The molecule has 0 aliphatic rings. The van der Waals surface area contributed by atoms with Gasteiger partial charge in [-0.1, -0.05) is 48.5 Å². The summed E-state index contributed by atoms with van der Waals surface area (Å²) in [7, 11) is 0. The van der Waals surface area contributed by atoms with E-state index in [1.807, 2.05) is 30.3 Å². The minimum atomic E-state index is -1.20. The quantitative estimate of drug-likeness (QED) is 0.513. The Bertz CT molecular complexity index is 562. The number of hydrogen-bond donors (Lipinski definition) is 0. The van der Waals surface area contributed by atoms with Crippen LogP contribution in [0.4, 0.5) is 0 Å². The topological polar surface area (TPSA) is 49.4 Å². The molecule has 0 N–H and O–H groups in total. The van der Waals surface area contributed by atoms with Crippen molar-refractivity contribution in [2.75, 3.05) is 0 Å². The van der Waals surface area contributed by atoms with Crippen molar-refractivity contribution in [2.24, 2.45) is 0 Å². The van der Waals surface area contributed by atoms with Gasteiger partial charge in [0.25, 0.3) is 0 Å². The van der Waals surface area contributed by atoms with Crippen molar-refractivity contribution >= 4 is 12.0 Å². The molecule has 0 radical (unpaired) electrons.